The summed E-state index contributed by atoms with van der Waals surface area (Å²) in [7, 11) is 1.49. The van der Waals surface area contributed by atoms with Crippen molar-refractivity contribution in [2.24, 2.45) is 0 Å². The van der Waals surface area contributed by atoms with Crippen LogP contribution in [0.1, 0.15) is 51.6 Å². The lowest BCUT2D eigenvalue weighted by Crippen LogP contribution is -2.27. The van der Waals surface area contributed by atoms with Crippen molar-refractivity contribution in [1.82, 2.24) is 14.5 Å². The predicted octanol–water partition coefficient (Wildman–Crippen LogP) is 3.85. The highest BCUT2D eigenvalue weighted by Gasteiger charge is 2.32. The van der Waals surface area contributed by atoms with Crippen molar-refractivity contribution in [2.45, 2.75) is 32.9 Å². The molecule has 1 aromatic heterocycles. The maximum atomic E-state index is 13.2. The molecular formula is C17H19F3N4O2S. The maximum absolute atomic E-state index is 13.2. The van der Waals surface area contributed by atoms with Crippen LogP contribution in [0.25, 0.3) is 0 Å². The topological polar surface area (TPSA) is 75.2 Å². The molecular weight excluding hydrogens is 381 g/mol. The van der Waals surface area contributed by atoms with Crippen LogP contribution in [0.5, 0.6) is 0 Å². The van der Waals surface area contributed by atoms with E-state index >= 15 is 0 Å². The fourth-order valence-electron chi connectivity index (χ4n) is 2.32. The van der Waals surface area contributed by atoms with E-state index in [-0.39, 0.29) is 16.1 Å². The Kier molecular flexibility index (Phi) is 6.53. The van der Waals surface area contributed by atoms with Crippen molar-refractivity contribution in [3.05, 3.63) is 39.9 Å². The maximum Gasteiger partial charge on any atom is 0.416 e. The SMILES string of the molecule is CCCc1nnsc1C(=O)Nc1cc(C(=O)N(C)CC)cc(C(F)(F)F)c1. The highest BCUT2D eigenvalue weighted by molar-refractivity contribution is 7.08. The van der Waals surface area contributed by atoms with Gasteiger partial charge in [-0.2, -0.15) is 13.2 Å². The first-order chi connectivity index (χ1) is 12.7. The molecule has 0 aliphatic rings. The van der Waals surface area contributed by atoms with Crippen LogP contribution in [-0.4, -0.2) is 39.9 Å². The minimum absolute atomic E-state index is 0.112. The van der Waals surface area contributed by atoms with E-state index < -0.39 is 23.6 Å². The molecule has 27 heavy (non-hydrogen) atoms. The summed E-state index contributed by atoms with van der Waals surface area (Å²) in [5, 5.41) is 6.30. The zero-order chi connectivity index (χ0) is 20.2. The summed E-state index contributed by atoms with van der Waals surface area (Å²) < 4.78 is 43.4. The second kappa shape index (κ2) is 8.47. The Morgan fingerprint density at radius 3 is 2.52 bits per heavy atom. The Morgan fingerprint density at radius 2 is 1.93 bits per heavy atom. The number of benzene rings is 1. The standard InChI is InChI=1S/C17H19F3N4O2S/c1-4-6-13-14(27-23-22-13)15(25)21-12-8-10(16(26)24(3)5-2)7-11(9-12)17(18,19)20/h7-9H,4-6H2,1-3H3,(H,21,25). The second-order valence-electron chi connectivity index (χ2n) is 5.87. The molecule has 0 fully saturated rings. The van der Waals surface area contributed by atoms with E-state index in [0.29, 0.717) is 18.7 Å². The van der Waals surface area contributed by atoms with Gasteiger partial charge in [0.2, 0.25) is 0 Å². The Morgan fingerprint density at radius 1 is 1.22 bits per heavy atom. The zero-order valence-electron chi connectivity index (χ0n) is 15.1. The number of rotatable bonds is 6. The van der Waals surface area contributed by atoms with Gasteiger partial charge in [-0.3, -0.25) is 9.59 Å². The summed E-state index contributed by atoms with van der Waals surface area (Å²) in [6, 6.07) is 2.81. The third-order valence-corrected chi connectivity index (χ3v) is 4.60. The number of nitrogens with one attached hydrogen (secondary N) is 1. The first-order valence-electron chi connectivity index (χ1n) is 8.27. The fourth-order valence-corrected chi connectivity index (χ4v) is 2.92. The molecule has 2 amide bonds. The summed E-state index contributed by atoms with van der Waals surface area (Å²) in [4.78, 5) is 26.3. The van der Waals surface area contributed by atoms with Crippen LogP contribution in [0.4, 0.5) is 18.9 Å². The molecule has 1 N–H and O–H groups in total. The van der Waals surface area contributed by atoms with Crippen LogP contribution in [0.3, 0.4) is 0 Å². The first kappa shape index (κ1) is 20.8. The van der Waals surface area contributed by atoms with Gasteiger partial charge in [0.15, 0.2) is 0 Å². The van der Waals surface area contributed by atoms with Gasteiger partial charge < -0.3 is 10.2 Å². The minimum Gasteiger partial charge on any atom is -0.342 e. The molecule has 0 saturated heterocycles. The lowest BCUT2D eigenvalue weighted by molar-refractivity contribution is -0.137. The van der Waals surface area contributed by atoms with E-state index in [1.165, 1.54) is 18.0 Å². The van der Waals surface area contributed by atoms with Crippen molar-refractivity contribution in [2.75, 3.05) is 18.9 Å². The molecule has 0 unspecified atom stereocenters. The van der Waals surface area contributed by atoms with Gasteiger partial charge in [-0.1, -0.05) is 17.8 Å². The zero-order valence-corrected chi connectivity index (χ0v) is 15.9. The number of anilines is 1. The number of carbonyl (C=O) groups excluding carboxylic acids is 2. The van der Waals surface area contributed by atoms with Gasteiger partial charge in [-0.05, 0) is 43.1 Å². The average molecular weight is 400 g/mol. The van der Waals surface area contributed by atoms with Crippen LogP contribution >= 0.6 is 11.5 Å². The van der Waals surface area contributed by atoms with Gasteiger partial charge in [-0.25, -0.2) is 0 Å². The number of hydrogen-bond donors (Lipinski definition) is 1. The monoisotopic (exact) mass is 400 g/mol. The lowest BCUT2D eigenvalue weighted by atomic mass is 10.1. The number of nitrogens with zero attached hydrogens (tertiary/aromatic N) is 3. The van der Waals surface area contributed by atoms with Crippen molar-refractivity contribution in [1.29, 1.82) is 0 Å². The summed E-state index contributed by atoms with van der Waals surface area (Å²) in [6.45, 7) is 3.96. The second-order valence-corrected chi connectivity index (χ2v) is 6.62. The van der Waals surface area contributed by atoms with Gasteiger partial charge in [0.1, 0.15) is 4.88 Å². The molecule has 2 rings (SSSR count). The number of aryl methyl sites for hydroxylation is 1. The van der Waals surface area contributed by atoms with Crippen molar-refractivity contribution >= 4 is 29.0 Å². The van der Waals surface area contributed by atoms with E-state index in [2.05, 4.69) is 14.9 Å². The first-order valence-corrected chi connectivity index (χ1v) is 9.05. The largest absolute Gasteiger partial charge is 0.416 e. The smallest absolute Gasteiger partial charge is 0.342 e. The van der Waals surface area contributed by atoms with Crippen molar-refractivity contribution in [3.63, 3.8) is 0 Å². The predicted molar refractivity (Wildman–Crippen MR) is 95.9 cm³/mol. The molecule has 1 aromatic carbocycles. The Labute approximate surface area is 158 Å². The fraction of sp³-hybridized carbons (Fsp3) is 0.412. The number of carbonyl (C=O) groups is 2. The van der Waals surface area contributed by atoms with Gasteiger partial charge in [-0.15, -0.1) is 5.10 Å². The summed E-state index contributed by atoms with van der Waals surface area (Å²) in [5.41, 5.74) is -0.780. The summed E-state index contributed by atoms with van der Waals surface area (Å²) >= 11 is 0.875. The number of amides is 2. The molecule has 0 bridgehead atoms. The molecule has 6 nitrogen and oxygen atoms in total. The van der Waals surface area contributed by atoms with E-state index in [1.807, 2.05) is 6.92 Å². The highest BCUT2D eigenvalue weighted by atomic mass is 32.1. The third-order valence-electron chi connectivity index (χ3n) is 3.83. The Balaban J connectivity index is 2.39. The van der Waals surface area contributed by atoms with Crippen molar-refractivity contribution < 1.29 is 22.8 Å². The van der Waals surface area contributed by atoms with E-state index in [1.54, 1.807) is 6.92 Å². The van der Waals surface area contributed by atoms with Crippen LogP contribution in [0, 0.1) is 0 Å². The van der Waals surface area contributed by atoms with Gasteiger partial charge in [0, 0.05) is 24.8 Å². The number of halogens is 3. The molecule has 2 aromatic rings. The molecule has 0 atom stereocenters. The normalized spacial score (nSPS) is 11.3. The summed E-state index contributed by atoms with van der Waals surface area (Å²) in [6.07, 6.45) is -3.37. The molecule has 0 aliphatic carbocycles. The third kappa shape index (κ3) is 5.03. The van der Waals surface area contributed by atoms with E-state index in [0.717, 1.165) is 30.1 Å². The van der Waals surface area contributed by atoms with Gasteiger partial charge in [0.25, 0.3) is 11.8 Å². The summed E-state index contributed by atoms with van der Waals surface area (Å²) in [5.74, 6) is -1.17. The molecule has 1 heterocycles. The van der Waals surface area contributed by atoms with E-state index in [4.69, 9.17) is 0 Å². The van der Waals surface area contributed by atoms with Crippen LogP contribution in [0.15, 0.2) is 18.2 Å². The van der Waals surface area contributed by atoms with E-state index in [9.17, 15) is 22.8 Å². The molecule has 0 saturated carbocycles. The van der Waals surface area contributed by atoms with Crippen LogP contribution in [0.2, 0.25) is 0 Å². The van der Waals surface area contributed by atoms with Crippen molar-refractivity contribution in [3.8, 4) is 0 Å². The van der Waals surface area contributed by atoms with Crippen LogP contribution in [-0.2, 0) is 12.6 Å². The molecule has 10 heteroatoms. The molecule has 0 aliphatic heterocycles. The highest BCUT2D eigenvalue weighted by Crippen LogP contribution is 2.32. The van der Waals surface area contributed by atoms with Crippen LogP contribution < -0.4 is 5.32 Å². The van der Waals surface area contributed by atoms with Gasteiger partial charge in [0.05, 0.1) is 11.3 Å². The molecule has 0 spiro atoms. The average Bonchev–Trinajstić information content (AvgIpc) is 3.08. The Hall–Kier alpha value is -2.49. The quantitative estimate of drug-likeness (QED) is 0.799. The number of hydrogen-bond acceptors (Lipinski definition) is 5. The van der Waals surface area contributed by atoms with Gasteiger partial charge >= 0.3 is 6.18 Å². The molecule has 0 radical (unpaired) electrons. The number of alkyl halides is 3. The Bertz CT molecular complexity index is 836. The number of aromatic nitrogens is 2. The minimum atomic E-state index is -4.65. The molecule has 146 valence electrons. The lowest BCUT2D eigenvalue weighted by Gasteiger charge is -2.17.